The van der Waals surface area contributed by atoms with Gasteiger partial charge >= 0.3 is 6.18 Å². The summed E-state index contributed by atoms with van der Waals surface area (Å²) in [5.74, 6) is 0.326. The average Bonchev–Trinajstić information content (AvgIpc) is 2.47. The quantitative estimate of drug-likeness (QED) is 0.492. The number of allylic oxidation sites excluding steroid dienone is 1. The van der Waals surface area contributed by atoms with E-state index in [2.05, 4.69) is 0 Å². The van der Waals surface area contributed by atoms with E-state index in [0.717, 1.165) is 6.26 Å². The molecule has 0 aliphatic rings. The van der Waals surface area contributed by atoms with Gasteiger partial charge in [-0.1, -0.05) is 48.0 Å². The fourth-order valence-electron chi connectivity index (χ4n) is 1.75. The minimum atomic E-state index is -4.58. The summed E-state index contributed by atoms with van der Waals surface area (Å²) < 4.78 is 44.1. The molecule has 0 aromatic heterocycles. The van der Waals surface area contributed by atoms with E-state index in [1.807, 2.05) is 0 Å². The molecule has 0 heterocycles. The Labute approximate surface area is 135 Å². The van der Waals surface area contributed by atoms with Crippen molar-refractivity contribution in [1.29, 1.82) is 0 Å². The molecule has 0 aliphatic carbocycles. The highest BCUT2D eigenvalue weighted by atomic mass is 35.5. The molecule has 0 fully saturated rings. The van der Waals surface area contributed by atoms with Crippen LogP contribution in [0.25, 0.3) is 5.57 Å². The van der Waals surface area contributed by atoms with Crippen LogP contribution in [0.1, 0.15) is 5.56 Å². The molecule has 116 valence electrons. The molecule has 0 saturated heterocycles. The van der Waals surface area contributed by atoms with Crippen molar-refractivity contribution in [1.82, 2.24) is 0 Å². The highest BCUT2D eigenvalue weighted by Crippen LogP contribution is 2.35. The van der Waals surface area contributed by atoms with Crippen molar-refractivity contribution >= 4 is 28.8 Å². The van der Waals surface area contributed by atoms with Crippen LogP contribution < -0.4 is 4.74 Å². The van der Waals surface area contributed by atoms with Gasteiger partial charge in [-0.05, 0) is 23.8 Å². The van der Waals surface area contributed by atoms with Gasteiger partial charge in [-0.3, -0.25) is 0 Å². The number of ether oxygens (including phenoxy) is 1. The molecule has 0 N–H and O–H groups in total. The molecule has 0 bridgehead atoms. The Morgan fingerprint density at radius 1 is 1.05 bits per heavy atom. The van der Waals surface area contributed by atoms with E-state index in [9.17, 15) is 13.2 Å². The van der Waals surface area contributed by atoms with Gasteiger partial charge in [-0.2, -0.15) is 13.2 Å². The highest BCUT2D eigenvalue weighted by molar-refractivity contribution is 6.30. The number of benzene rings is 2. The van der Waals surface area contributed by atoms with Crippen molar-refractivity contribution in [2.75, 3.05) is 0 Å². The minimum absolute atomic E-state index is 0.172. The molecule has 2 aromatic carbocycles. The summed E-state index contributed by atoms with van der Waals surface area (Å²) >= 11 is 11.4. The lowest BCUT2D eigenvalue weighted by Gasteiger charge is -2.17. The summed E-state index contributed by atoms with van der Waals surface area (Å²) in [6, 6.07) is 14.4. The molecular weight excluding hydrogens is 336 g/mol. The van der Waals surface area contributed by atoms with E-state index in [1.54, 1.807) is 36.4 Å². The first-order chi connectivity index (χ1) is 10.4. The van der Waals surface area contributed by atoms with Gasteiger partial charge in [-0.15, -0.1) is 11.6 Å². The third-order valence-corrected chi connectivity index (χ3v) is 3.50. The van der Waals surface area contributed by atoms with Gasteiger partial charge in [0, 0.05) is 10.6 Å². The second kappa shape index (κ2) is 7.07. The summed E-state index contributed by atoms with van der Waals surface area (Å²) in [7, 11) is 0. The van der Waals surface area contributed by atoms with E-state index in [-0.39, 0.29) is 5.57 Å². The zero-order valence-corrected chi connectivity index (χ0v) is 12.7. The fourth-order valence-corrected chi connectivity index (χ4v) is 2.11. The second-order valence-corrected chi connectivity index (χ2v) is 5.29. The van der Waals surface area contributed by atoms with Crippen LogP contribution in [0.4, 0.5) is 13.2 Å². The Kier molecular flexibility index (Phi) is 5.37. The van der Waals surface area contributed by atoms with E-state index < -0.39 is 11.6 Å². The summed E-state index contributed by atoms with van der Waals surface area (Å²) in [5, 5.41) is -1.75. The van der Waals surface area contributed by atoms with Crippen LogP contribution >= 0.6 is 23.2 Å². The zero-order chi connectivity index (χ0) is 16.2. The monoisotopic (exact) mass is 346 g/mol. The molecule has 0 saturated carbocycles. The molecule has 0 amide bonds. The molecule has 0 spiro atoms. The molecule has 22 heavy (non-hydrogen) atoms. The maximum Gasteiger partial charge on any atom is 0.409 e. The molecule has 6 heteroatoms. The van der Waals surface area contributed by atoms with Crippen LogP contribution in [0.15, 0.2) is 60.9 Å². The van der Waals surface area contributed by atoms with Gasteiger partial charge in [0.05, 0.1) is 6.26 Å². The summed E-state index contributed by atoms with van der Waals surface area (Å²) in [6.07, 6.45) is -3.58. The van der Waals surface area contributed by atoms with Crippen LogP contribution in [0.2, 0.25) is 5.02 Å². The maximum absolute atomic E-state index is 12.9. The largest absolute Gasteiger partial charge is 0.465 e. The van der Waals surface area contributed by atoms with E-state index >= 15 is 0 Å². The molecule has 1 atom stereocenters. The Hall–Kier alpha value is -1.65. The molecule has 0 radical (unpaired) electrons. The van der Waals surface area contributed by atoms with E-state index in [1.165, 1.54) is 18.2 Å². The number of alkyl halides is 4. The smallest absolute Gasteiger partial charge is 0.409 e. The Balaban J connectivity index is 2.34. The first-order valence-electron chi connectivity index (χ1n) is 6.26. The van der Waals surface area contributed by atoms with Crippen molar-refractivity contribution in [2.45, 2.75) is 11.6 Å². The first-order valence-corrected chi connectivity index (χ1v) is 7.08. The SMILES string of the molecule is FC(F)(F)[C@H](Cl)/C(=C\Oc1cccc(Cl)c1)c1ccccc1. The van der Waals surface area contributed by atoms with Crippen LogP contribution in [0.5, 0.6) is 5.75 Å². The minimum Gasteiger partial charge on any atom is -0.465 e. The van der Waals surface area contributed by atoms with Crippen molar-refractivity contribution < 1.29 is 17.9 Å². The van der Waals surface area contributed by atoms with Crippen molar-refractivity contribution in [3.05, 3.63) is 71.4 Å². The number of hydrogen-bond acceptors (Lipinski definition) is 1. The molecule has 2 rings (SSSR count). The van der Waals surface area contributed by atoms with E-state index in [4.69, 9.17) is 27.9 Å². The first kappa shape index (κ1) is 16.7. The third kappa shape index (κ3) is 4.42. The standard InChI is InChI=1S/C16H11Cl2F3O/c17-12-7-4-8-13(9-12)22-10-14(15(18)16(19,20)21)11-5-2-1-3-6-11/h1-10,15H/b14-10-/t15-/m1/s1. The molecular formula is C16H11Cl2F3O. The lowest BCUT2D eigenvalue weighted by atomic mass is 10.0. The lowest BCUT2D eigenvalue weighted by molar-refractivity contribution is -0.119. The summed E-state index contributed by atoms with van der Waals surface area (Å²) in [4.78, 5) is 0. The van der Waals surface area contributed by atoms with Crippen LogP contribution in [0.3, 0.4) is 0 Å². The van der Waals surface area contributed by atoms with Gasteiger partial charge in [0.2, 0.25) is 0 Å². The molecule has 2 aromatic rings. The van der Waals surface area contributed by atoms with Gasteiger partial charge in [-0.25, -0.2) is 0 Å². The van der Waals surface area contributed by atoms with Crippen LogP contribution in [-0.4, -0.2) is 11.6 Å². The van der Waals surface area contributed by atoms with E-state index in [0.29, 0.717) is 16.3 Å². The maximum atomic E-state index is 12.9. The molecule has 1 nitrogen and oxygen atoms in total. The second-order valence-electron chi connectivity index (χ2n) is 4.42. The predicted octanol–water partition coefficient (Wildman–Crippen LogP) is 5.93. The fraction of sp³-hybridized carbons (Fsp3) is 0.125. The number of rotatable bonds is 4. The Morgan fingerprint density at radius 2 is 1.73 bits per heavy atom. The normalized spacial score (nSPS) is 13.8. The number of halogens is 5. The van der Waals surface area contributed by atoms with Crippen molar-refractivity contribution in [3.63, 3.8) is 0 Å². The van der Waals surface area contributed by atoms with Crippen LogP contribution in [0, 0.1) is 0 Å². The molecule has 0 aliphatic heterocycles. The van der Waals surface area contributed by atoms with Gasteiger partial charge < -0.3 is 4.74 Å². The summed E-state index contributed by atoms with van der Waals surface area (Å²) in [6.45, 7) is 0. The number of hydrogen-bond donors (Lipinski definition) is 0. The molecule has 0 unspecified atom stereocenters. The highest BCUT2D eigenvalue weighted by Gasteiger charge is 2.41. The Morgan fingerprint density at radius 3 is 2.32 bits per heavy atom. The van der Waals surface area contributed by atoms with Gasteiger partial charge in [0.15, 0.2) is 5.38 Å². The van der Waals surface area contributed by atoms with Crippen LogP contribution in [-0.2, 0) is 0 Å². The lowest BCUT2D eigenvalue weighted by Crippen LogP contribution is -2.25. The average molecular weight is 347 g/mol. The Bertz CT molecular complexity index is 654. The van der Waals surface area contributed by atoms with Crippen molar-refractivity contribution in [2.24, 2.45) is 0 Å². The third-order valence-electron chi connectivity index (χ3n) is 2.79. The topological polar surface area (TPSA) is 9.23 Å². The predicted molar refractivity (Wildman–Crippen MR) is 82.2 cm³/mol. The summed E-state index contributed by atoms with van der Waals surface area (Å²) in [5.41, 5.74) is 0.164. The zero-order valence-electron chi connectivity index (χ0n) is 11.1. The van der Waals surface area contributed by atoms with Crippen molar-refractivity contribution in [3.8, 4) is 5.75 Å². The van der Waals surface area contributed by atoms with Gasteiger partial charge in [0.1, 0.15) is 5.75 Å². The van der Waals surface area contributed by atoms with Gasteiger partial charge in [0.25, 0.3) is 0 Å².